The minimum atomic E-state index is -4.65. The molecule has 192 valence electrons. The fourth-order valence-corrected chi connectivity index (χ4v) is 5.02. The summed E-state index contributed by atoms with van der Waals surface area (Å²) in [6, 6.07) is 6.24. The molecule has 4 rings (SSSR count). The zero-order valence-corrected chi connectivity index (χ0v) is 20.4. The Hall–Kier alpha value is -3.39. The van der Waals surface area contributed by atoms with Gasteiger partial charge in [-0.2, -0.15) is 23.5 Å². The Kier molecular flexibility index (Phi) is 7.09. The first-order chi connectivity index (χ1) is 17.1. The number of anilines is 1. The summed E-state index contributed by atoms with van der Waals surface area (Å²) in [7, 11) is 1.65. The maximum atomic E-state index is 13.6. The highest BCUT2D eigenvalue weighted by atomic mass is 19.4. The van der Waals surface area contributed by atoms with E-state index >= 15 is 0 Å². The molecule has 0 spiro atoms. The van der Waals surface area contributed by atoms with Crippen molar-refractivity contribution in [1.29, 1.82) is 5.26 Å². The predicted octanol–water partition coefficient (Wildman–Crippen LogP) is 4.30. The SMILES string of the molecule is CC[C@@H]1CN(c2cc(=O)n(C)c3cn(CC#N)nc23)[C@@H](CC)CN1Cc1ccc(F)cc1C(F)(F)F. The van der Waals surface area contributed by atoms with Crippen molar-refractivity contribution >= 4 is 16.7 Å². The van der Waals surface area contributed by atoms with Gasteiger partial charge in [0.25, 0.3) is 5.56 Å². The lowest BCUT2D eigenvalue weighted by atomic mass is 9.98. The number of alkyl halides is 3. The number of hydrogen-bond donors (Lipinski definition) is 0. The highest BCUT2D eigenvalue weighted by Crippen LogP contribution is 2.35. The number of benzene rings is 1. The van der Waals surface area contributed by atoms with E-state index in [1.54, 1.807) is 19.3 Å². The van der Waals surface area contributed by atoms with Crippen LogP contribution in [0.3, 0.4) is 0 Å². The number of pyridine rings is 1. The van der Waals surface area contributed by atoms with E-state index in [9.17, 15) is 22.4 Å². The van der Waals surface area contributed by atoms with E-state index in [2.05, 4.69) is 16.1 Å². The Labute approximate surface area is 206 Å². The lowest BCUT2D eigenvalue weighted by Gasteiger charge is -2.47. The number of piperazine rings is 1. The molecular formula is C25H28F4N6O. The van der Waals surface area contributed by atoms with Gasteiger partial charge < -0.3 is 9.47 Å². The van der Waals surface area contributed by atoms with Gasteiger partial charge in [-0.05, 0) is 30.5 Å². The van der Waals surface area contributed by atoms with Crippen LogP contribution in [0.25, 0.3) is 11.0 Å². The van der Waals surface area contributed by atoms with Gasteiger partial charge in [0.2, 0.25) is 0 Å². The molecule has 0 amide bonds. The monoisotopic (exact) mass is 504 g/mol. The molecule has 1 aromatic carbocycles. The summed E-state index contributed by atoms with van der Waals surface area (Å²) < 4.78 is 57.4. The van der Waals surface area contributed by atoms with Crippen molar-refractivity contribution in [2.75, 3.05) is 18.0 Å². The van der Waals surface area contributed by atoms with Crippen LogP contribution in [0.1, 0.15) is 37.8 Å². The van der Waals surface area contributed by atoms with Gasteiger partial charge in [0, 0.05) is 44.8 Å². The molecule has 0 saturated carbocycles. The van der Waals surface area contributed by atoms with E-state index in [-0.39, 0.29) is 36.3 Å². The molecule has 36 heavy (non-hydrogen) atoms. The van der Waals surface area contributed by atoms with Crippen LogP contribution in [0.4, 0.5) is 23.2 Å². The van der Waals surface area contributed by atoms with Crippen molar-refractivity contribution < 1.29 is 17.6 Å². The van der Waals surface area contributed by atoms with Crippen LogP contribution in [0.2, 0.25) is 0 Å². The number of fused-ring (bicyclic) bond motifs is 1. The van der Waals surface area contributed by atoms with Crippen LogP contribution in [-0.2, 0) is 26.3 Å². The van der Waals surface area contributed by atoms with E-state index in [0.717, 1.165) is 6.07 Å². The molecule has 3 heterocycles. The number of rotatable bonds is 6. The normalized spacial score (nSPS) is 19.1. The van der Waals surface area contributed by atoms with Crippen molar-refractivity contribution in [2.45, 2.75) is 58.0 Å². The van der Waals surface area contributed by atoms with Gasteiger partial charge in [-0.25, -0.2) is 4.39 Å². The number of nitriles is 1. The molecule has 1 saturated heterocycles. The smallest absolute Gasteiger partial charge is 0.364 e. The van der Waals surface area contributed by atoms with Crippen LogP contribution >= 0.6 is 0 Å². The van der Waals surface area contributed by atoms with Gasteiger partial charge in [0.15, 0.2) is 0 Å². The van der Waals surface area contributed by atoms with Crippen LogP contribution < -0.4 is 10.5 Å². The molecular weight excluding hydrogens is 476 g/mol. The molecule has 11 heteroatoms. The second-order valence-electron chi connectivity index (χ2n) is 9.15. The van der Waals surface area contributed by atoms with Crippen molar-refractivity contribution in [3.63, 3.8) is 0 Å². The lowest BCUT2D eigenvalue weighted by molar-refractivity contribution is -0.138. The molecule has 3 aromatic rings. The maximum Gasteiger partial charge on any atom is 0.416 e. The summed E-state index contributed by atoms with van der Waals surface area (Å²) in [5.41, 5.74) is 0.750. The van der Waals surface area contributed by atoms with Crippen molar-refractivity contribution in [3.05, 3.63) is 57.8 Å². The summed E-state index contributed by atoms with van der Waals surface area (Å²) in [4.78, 5) is 16.9. The van der Waals surface area contributed by atoms with Crippen LogP contribution in [0.5, 0.6) is 0 Å². The highest BCUT2D eigenvalue weighted by molar-refractivity contribution is 5.88. The van der Waals surface area contributed by atoms with Crippen LogP contribution in [0, 0.1) is 17.1 Å². The van der Waals surface area contributed by atoms with Gasteiger partial charge in [0.1, 0.15) is 17.9 Å². The molecule has 0 aliphatic carbocycles. The summed E-state index contributed by atoms with van der Waals surface area (Å²) in [6.07, 6.45) is -1.61. The Balaban J connectivity index is 1.71. The van der Waals surface area contributed by atoms with E-state index in [0.29, 0.717) is 48.7 Å². The van der Waals surface area contributed by atoms with E-state index in [1.165, 1.54) is 15.3 Å². The van der Waals surface area contributed by atoms with Gasteiger partial charge >= 0.3 is 6.18 Å². The molecule has 7 nitrogen and oxygen atoms in total. The molecule has 2 atom stereocenters. The van der Waals surface area contributed by atoms with Crippen LogP contribution in [-0.4, -0.2) is 44.4 Å². The molecule has 0 N–H and O–H groups in total. The third-order valence-corrected chi connectivity index (χ3v) is 6.98. The highest BCUT2D eigenvalue weighted by Gasteiger charge is 2.37. The fourth-order valence-electron chi connectivity index (χ4n) is 5.02. The average Bonchev–Trinajstić information content (AvgIpc) is 3.26. The summed E-state index contributed by atoms with van der Waals surface area (Å²) in [6.45, 7) is 5.02. The van der Waals surface area contributed by atoms with Crippen molar-refractivity contribution in [2.24, 2.45) is 7.05 Å². The number of halogens is 4. The summed E-state index contributed by atoms with van der Waals surface area (Å²) in [5.74, 6) is -0.917. The van der Waals surface area contributed by atoms with Gasteiger partial charge in [0.05, 0.1) is 29.0 Å². The first kappa shape index (κ1) is 25.7. The molecule has 1 aliphatic rings. The number of hydrogen-bond acceptors (Lipinski definition) is 5. The molecule has 0 bridgehead atoms. The van der Waals surface area contributed by atoms with Gasteiger partial charge in [-0.15, -0.1) is 0 Å². The number of nitrogens with zero attached hydrogens (tertiary/aromatic N) is 6. The first-order valence-electron chi connectivity index (χ1n) is 11.9. The Morgan fingerprint density at radius 3 is 2.50 bits per heavy atom. The molecule has 0 unspecified atom stereocenters. The third-order valence-electron chi connectivity index (χ3n) is 6.98. The lowest BCUT2D eigenvalue weighted by Crippen LogP contribution is -2.58. The van der Waals surface area contributed by atoms with E-state index in [4.69, 9.17) is 5.26 Å². The van der Waals surface area contributed by atoms with Gasteiger partial charge in [-0.1, -0.05) is 19.9 Å². The Bertz CT molecular complexity index is 1360. The third kappa shape index (κ3) is 4.82. The zero-order chi connectivity index (χ0) is 26.2. The van der Waals surface area contributed by atoms with Crippen molar-refractivity contribution in [3.8, 4) is 6.07 Å². The minimum Gasteiger partial charge on any atom is -0.364 e. The van der Waals surface area contributed by atoms with Gasteiger partial charge in [-0.3, -0.25) is 14.4 Å². The topological polar surface area (TPSA) is 70.1 Å². The molecule has 1 aliphatic heterocycles. The summed E-state index contributed by atoms with van der Waals surface area (Å²) in [5, 5.41) is 13.6. The quantitative estimate of drug-likeness (QED) is 0.469. The van der Waals surface area contributed by atoms with Crippen molar-refractivity contribution in [1.82, 2.24) is 19.2 Å². The molecule has 1 fully saturated rings. The number of aryl methyl sites for hydroxylation is 1. The largest absolute Gasteiger partial charge is 0.416 e. The second-order valence-corrected chi connectivity index (χ2v) is 9.15. The molecule has 0 radical (unpaired) electrons. The Morgan fingerprint density at radius 1 is 1.14 bits per heavy atom. The van der Waals surface area contributed by atoms with E-state index in [1.807, 2.05) is 18.7 Å². The fraction of sp³-hybridized carbons (Fsp3) is 0.480. The zero-order valence-electron chi connectivity index (χ0n) is 20.4. The number of aromatic nitrogens is 3. The van der Waals surface area contributed by atoms with E-state index < -0.39 is 17.6 Å². The minimum absolute atomic E-state index is 0.0388. The summed E-state index contributed by atoms with van der Waals surface area (Å²) >= 11 is 0. The second kappa shape index (κ2) is 9.93. The van der Waals surface area contributed by atoms with Crippen LogP contribution in [0.15, 0.2) is 35.3 Å². The first-order valence-corrected chi connectivity index (χ1v) is 11.9. The molecule has 2 aromatic heterocycles. The Morgan fingerprint density at radius 2 is 1.86 bits per heavy atom. The standard InChI is InChI=1S/C25H28F4N6O/c1-4-18-14-35(21-11-23(36)32(3)22-15-34(9-8-30)31-24(21)22)19(5-2)13-33(18)12-16-6-7-17(26)10-20(16)25(27,28)29/h6-7,10-11,15,18-19H,4-5,9,12-14H2,1-3H3/t18-,19+/m1/s1. The average molecular weight is 505 g/mol. The maximum absolute atomic E-state index is 13.6. The predicted molar refractivity (Wildman–Crippen MR) is 128 cm³/mol.